The molecule has 0 aliphatic heterocycles. The summed E-state index contributed by atoms with van der Waals surface area (Å²) >= 11 is 0. The Balaban J connectivity index is 2.13. The highest BCUT2D eigenvalue weighted by molar-refractivity contribution is 5.87. The van der Waals surface area contributed by atoms with Gasteiger partial charge in [0.1, 0.15) is 5.69 Å². The lowest BCUT2D eigenvalue weighted by molar-refractivity contribution is 0.0690. The van der Waals surface area contributed by atoms with Gasteiger partial charge in [-0.1, -0.05) is 19.1 Å². The molecule has 0 fully saturated rings. The van der Waals surface area contributed by atoms with Gasteiger partial charge >= 0.3 is 5.97 Å². The van der Waals surface area contributed by atoms with E-state index < -0.39 is 5.97 Å². The number of hydrogen-bond acceptors (Lipinski definition) is 3. The van der Waals surface area contributed by atoms with Crippen LogP contribution in [0.2, 0.25) is 0 Å². The Morgan fingerprint density at radius 2 is 2.05 bits per heavy atom. The molecule has 2 aromatic heterocycles. The van der Waals surface area contributed by atoms with Crippen molar-refractivity contribution in [2.45, 2.75) is 13.3 Å². The molecule has 3 rings (SSSR count). The summed E-state index contributed by atoms with van der Waals surface area (Å²) in [5, 5.41) is 13.3. The molecular formula is C16H14N2O3. The van der Waals surface area contributed by atoms with Gasteiger partial charge in [0.15, 0.2) is 11.5 Å². The number of aromatic carboxylic acids is 1. The van der Waals surface area contributed by atoms with Crippen molar-refractivity contribution < 1.29 is 14.3 Å². The Morgan fingerprint density at radius 3 is 2.62 bits per heavy atom. The lowest BCUT2D eigenvalue weighted by Crippen LogP contribution is -2.02. The number of carboxylic acid groups (broad SMARTS) is 1. The fourth-order valence-corrected chi connectivity index (χ4v) is 2.16. The second-order valence-corrected chi connectivity index (χ2v) is 4.63. The molecule has 0 spiro atoms. The SMILES string of the molecule is CCc1ccc(-n2nc(C(=O)O)cc2-c2ccco2)cc1. The molecule has 0 aliphatic rings. The number of nitrogens with zero attached hydrogens (tertiary/aromatic N) is 2. The Labute approximate surface area is 121 Å². The van der Waals surface area contributed by atoms with E-state index in [1.165, 1.54) is 11.6 Å². The van der Waals surface area contributed by atoms with Crippen LogP contribution in [0.15, 0.2) is 53.1 Å². The van der Waals surface area contributed by atoms with Gasteiger partial charge < -0.3 is 9.52 Å². The van der Waals surface area contributed by atoms with Gasteiger partial charge in [-0.25, -0.2) is 9.48 Å². The number of furan rings is 1. The summed E-state index contributed by atoms with van der Waals surface area (Å²) in [5.74, 6) is -0.485. The molecule has 5 heteroatoms. The molecule has 0 amide bonds. The van der Waals surface area contributed by atoms with Crippen LogP contribution in [0.4, 0.5) is 0 Å². The Bertz CT molecular complexity index is 755. The second kappa shape index (κ2) is 5.28. The maximum absolute atomic E-state index is 11.2. The molecule has 0 saturated carbocycles. The standard InChI is InChI=1S/C16H14N2O3/c1-2-11-5-7-12(8-6-11)18-14(15-4-3-9-21-15)10-13(17-18)16(19)20/h3-10H,2H2,1H3,(H,19,20). The van der Waals surface area contributed by atoms with Crippen LogP contribution in [0.5, 0.6) is 0 Å². The van der Waals surface area contributed by atoms with Crippen LogP contribution in [-0.4, -0.2) is 20.9 Å². The largest absolute Gasteiger partial charge is 0.476 e. The molecule has 106 valence electrons. The van der Waals surface area contributed by atoms with Gasteiger partial charge in [-0.2, -0.15) is 5.10 Å². The van der Waals surface area contributed by atoms with Crippen LogP contribution in [0, 0.1) is 0 Å². The second-order valence-electron chi connectivity index (χ2n) is 4.63. The normalized spacial score (nSPS) is 10.7. The first-order valence-electron chi connectivity index (χ1n) is 6.65. The van der Waals surface area contributed by atoms with E-state index in [0.717, 1.165) is 12.1 Å². The van der Waals surface area contributed by atoms with Gasteiger partial charge in [-0.3, -0.25) is 0 Å². The van der Waals surface area contributed by atoms with E-state index in [2.05, 4.69) is 12.0 Å². The van der Waals surface area contributed by atoms with Crippen molar-refractivity contribution in [2.75, 3.05) is 0 Å². The topological polar surface area (TPSA) is 68.3 Å². The van der Waals surface area contributed by atoms with Crippen LogP contribution >= 0.6 is 0 Å². The third-order valence-electron chi connectivity index (χ3n) is 3.29. The molecule has 3 aromatic rings. The van der Waals surface area contributed by atoms with Crippen LogP contribution in [0.1, 0.15) is 23.0 Å². The van der Waals surface area contributed by atoms with Gasteiger partial charge in [-0.15, -0.1) is 0 Å². The maximum atomic E-state index is 11.2. The van der Waals surface area contributed by atoms with E-state index in [1.807, 2.05) is 24.3 Å². The minimum absolute atomic E-state index is 0.0130. The number of rotatable bonds is 4. The molecule has 21 heavy (non-hydrogen) atoms. The van der Waals surface area contributed by atoms with Crippen molar-refractivity contribution in [2.24, 2.45) is 0 Å². The number of carbonyl (C=O) groups is 1. The Morgan fingerprint density at radius 1 is 1.29 bits per heavy atom. The predicted octanol–water partition coefficient (Wildman–Crippen LogP) is 3.39. The first-order valence-corrected chi connectivity index (χ1v) is 6.65. The van der Waals surface area contributed by atoms with Gasteiger partial charge in [-0.05, 0) is 36.2 Å². The lowest BCUT2D eigenvalue weighted by Gasteiger charge is -2.06. The fourth-order valence-electron chi connectivity index (χ4n) is 2.16. The predicted molar refractivity (Wildman–Crippen MR) is 77.6 cm³/mol. The number of carboxylic acids is 1. The Kier molecular flexibility index (Phi) is 3.31. The quantitative estimate of drug-likeness (QED) is 0.796. The summed E-state index contributed by atoms with van der Waals surface area (Å²) in [6.45, 7) is 2.08. The lowest BCUT2D eigenvalue weighted by atomic mass is 10.1. The minimum Gasteiger partial charge on any atom is -0.476 e. The van der Waals surface area contributed by atoms with Crippen molar-refractivity contribution in [3.63, 3.8) is 0 Å². The zero-order chi connectivity index (χ0) is 14.8. The van der Waals surface area contributed by atoms with Crippen LogP contribution in [0.25, 0.3) is 17.1 Å². The van der Waals surface area contributed by atoms with Crippen molar-refractivity contribution in [1.82, 2.24) is 9.78 Å². The third-order valence-corrected chi connectivity index (χ3v) is 3.29. The van der Waals surface area contributed by atoms with Gasteiger partial charge in [0.2, 0.25) is 0 Å². The summed E-state index contributed by atoms with van der Waals surface area (Å²) in [6.07, 6.45) is 2.50. The molecule has 0 radical (unpaired) electrons. The first-order chi connectivity index (χ1) is 10.2. The van der Waals surface area contributed by atoms with Crippen LogP contribution in [-0.2, 0) is 6.42 Å². The zero-order valence-corrected chi connectivity index (χ0v) is 11.5. The van der Waals surface area contributed by atoms with E-state index in [4.69, 9.17) is 9.52 Å². The monoisotopic (exact) mass is 282 g/mol. The highest BCUT2D eigenvalue weighted by Gasteiger charge is 2.17. The zero-order valence-electron chi connectivity index (χ0n) is 11.5. The Hall–Kier alpha value is -2.82. The van der Waals surface area contributed by atoms with Crippen molar-refractivity contribution >= 4 is 5.97 Å². The van der Waals surface area contributed by atoms with Gasteiger partial charge in [0.05, 0.1) is 12.0 Å². The van der Waals surface area contributed by atoms with E-state index >= 15 is 0 Å². The molecule has 2 heterocycles. The molecule has 1 aromatic carbocycles. The average Bonchev–Trinajstić information content (AvgIpc) is 3.16. The molecule has 0 atom stereocenters. The summed E-state index contributed by atoms with van der Waals surface area (Å²) in [6, 6.07) is 12.9. The maximum Gasteiger partial charge on any atom is 0.356 e. The van der Waals surface area contributed by atoms with Crippen LogP contribution < -0.4 is 0 Å². The average molecular weight is 282 g/mol. The van der Waals surface area contributed by atoms with Gasteiger partial charge in [0, 0.05) is 6.07 Å². The van der Waals surface area contributed by atoms with Crippen molar-refractivity contribution in [3.05, 3.63) is 60.0 Å². The van der Waals surface area contributed by atoms with Crippen LogP contribution in [0.3, 0.4) is 0 Å². The first kappa shape index (κ1) is 13.2. The minimum atomic E-state index is -1.06. The summed E-state index contributed by atoms with van der Waals surface area (Å²) in [5.41, 5.74) is 2.61. The number of benzene rings is 1. The van der Waals surface area contributed by atoms with E-state index in [9.17, 15) is 4.79 Å². The van der Waals surface area contributed by atoms with Gasteiger partial charge in [0.25, 0.3) is 0 Å². The number of aryl methyl sites for hydroxylation is 1. The fraction of sp³-hybridized carbons (Fsp3) is 0.125. The van der Waals surface area contributed by atoms with Crippen molar-refractivity contribution in [3.8, 4) is 17.1 Å². The highest BCUT2D eigenvalue weighted by Crippen LogP contribution is 2.24. The molecule has 0 bridgehead atoms. The molecular weight excluding hydrogens is 268 g/mol. The smallest absolute Gasteiger partial charge is 0.356 e. The number of aromatic nitrogens is 2. The summed E-state index contributed by atoms with van der Waals surface area (Å²) in [7, 11) is 0. The van der Waals surface area contributed by atoms with E-state index in [1.54, 1.807) is 23.1 Å². The van der Waals surface area contributed by atoms with E-state index in [0.29, 0.717) is 11.5 Å². The summed E-state index contributed by atoms with van der Waals surface area (Å²) < 4.78 is 6.95. The molecule has 1 N–H and O–H groups in total. The van der Waals surface area contributed by atoms with Crippen molar-refractivity contribution in [1.29, 1.82) is 0 Å². The molecule has 5 nitrogen and oxygen atoms in total. The molecule has 0 unspecified atom stereocenters. The summed E-state index contributed by atoms with van der Waals surface area (Å²) in [4.78, 5) is 11.2. The third kappa shape index (κ3) is 2.45. The molecule has 0 saturated heterocycles. The molecule has 0 aliphatic carbocycles. The number of hydrogen-bond donors (Lipinski definition) is 1. The van der Waals surface area contributed by atoms with E-state index in [-0.39, 0.29) is 5.69 Å². The highest BCUT2D eigenvalue weighted by atomic mass is 16.4.